The largest absolute Gasteiger partial charge is 0.462 e. The molecule has 0 aliphatic rings. The van der Waals surface area contributed by atoms with E-state index in [-0.39, 0.29) is 28.5 Å². The lowest BCUT2D eigenvalue weighted by atomic mass is 10.0. The Hall–Kier alpha value is -2.97. The molecule has 9 heteroatoms. The van der Waals surface area contributed by atoms with Crippen LogP contribution in [0.4, 0.5) is 0 Å². The molecule has 0 atom stereocenters. The van der Waals surface area contributed by atoms with E-state index in [1.807, 2.05) is 6.92 Å². The molecule has 0 saturated heterocycles. The molecule has 30 heavy (non-hydrogen) atoms. The van der Waals surface area contributed by atoms with Crippen LogP contribution in [0.15, 0.2) is 53.4 Å². The number of hydrogen-bond donors (Lipinski definition) is 0. The number of ether oxygens (including phenoxy) is 1. The quantitative estimate of drug-likeness (QED) is 0.410. The molecule has 0 unspecified atom stereocenters. The van der Waals surface area contributed by atoms with E-state index in [1.165, 1.54) is 12.1 Å². The molecule has 3 aromatic rings. The molecule has 1 aromatic heterocycles. The molecular formula is C21H19ClN2O5S. The van der Waals surface area contributed by atoms with Gasteiger partial charge in [0.15, 0.2) is 0 Å². The van der Waals surface area contributed by atoms with Crippen LogP contribution in [0.2, 0.25) is 5.02 Å². The van der Waals surface area contributed by atoms with Crippen molar-refractivity contribution in [3.63, 3.8) is 0 Å². The first-order valence-corrected chi connectivity index (χ1v) is 10.8. The zero-order valence-electron chi connectivity index (χ0n) is 16.5. The highest BCUT2D eigenvalue weighted by molar-refractivity contribution is 7.87. The molecule has 0 N–H and O–H groups in total. The van der Waals surface area contributed by atoms with Crippen LogP contribution >= 0.6 is 11.6 Å². The first kappa shape index (κ1) is 21.7. The Kier molecular flexibility index (Phi) is 6.38. The molecule has 3 rings (SSSR count). The molecule has 0 radical (unpaired) electrons. The Morgan fingerprint density at radius 2 is 1.63 bits per heavy atom. The third-order valence-corrected chi connectivity index (χ3v) is 5.63. The molecule has 2 aromatic carbocycles. The fourth-order valence-electron chi connectivity index (χ4n) is 2.70. The first-order valence-electron chi connectivity index (χ1n) is 9.04. The lowest BCUT2D eigenvalue weighted by Gasteiger charge is -2.13. The SMILES string of the molecule is CCOC(=O)c1c(C)nc(OS(=O)(=O)c2ccc(C)cc2)nc1-c1ccc(Cl)cc1. The maximum Gasteiger partial charge on any atom is 0.342 e. The highest BCUT2D eigenvalue weighted by atomic mass is 35.5. The van der Waals surface area contributed by atoms with E-state index in [4.69, 9.17) is 20.5 Å². The van der Waals surface area contributed by atoms with Gasteiger partial charge >= 0.3 is 22.1 Å². The highest BCUT2D eigenvalue weighted by Gasteiger charge is 2.25. The van der Waals surface area contributed by atoms with Crippen molar-refractivity contribution < 1.29 is 22.1 Å². The fraction of sp³-hybridized carbons (Fsp3) is 0.190. The number of halogens is 1. The maximum atomic E-state index is 12.6. The molecule has 0 aliphatic carbocycles. The van der Waals surface area contributed by atoms with E-state index in [0.717, 1.165) is 5.56 Å². The number of carbonyl (C=O) groups is 1. The van der Waals surface area contributed by atoms with Crippen molar-refractivity contribution in [1.82, 2.24) is 9.97 Å². The third-order valence-electron chi connectivity index (χ3n) is 4.16. The van der Waals surface area contributed by atoms with Gasteiger partial charge in [0.2, 0.25) is 0 Å². The molecule has 1 heterocycles. The van der Waals surface area contributed by atoms with E-state index in [9.17, 15) is 13.2 Å². The van der Waals surface area contributed by atoms with Gasteiger partial charge in [-0.15, -0.1) is 0 Å². The predicted molar refractivity (Wildman–Crippen MR) is 112 cm³/mol. The summed E-state index contributed by atoms with van der Waals surface area (Å²) in [6.07, 6.45) is 0. The Morgan fingerprint density at radius 3 is 2.23 bits per heavy atom. The summed E-state index contributed by atoms with van der Waals surface area (Å²) in [7, 11) is -4.16. The molecular weight excluding hydrogens is 428 g/mol. The van der Waals surface area contributed by atoms with Crippen molar-refractivity contribution in [3.05, 3.63) is 70.4 Å². The summed E-state index contributed by atoms with van der Waals surface area (Å²) in [6, 6.07) is 12.4. The minimum Gasteiger partial charge on any atom is -0.462 e. The van der Waals surface area contributed by atoms with E-state index in [1.54, 1.807) is 50.2 Å². The first-order chi connectivity index (χ1) is 14.2. The Balaban J connectivity index is 2.09. The topological polar surface area (TPSA) is 95.5 Å². The summed E-state index contributed by atoms with van der Waals surface area (Å²) < 4.78 is 35.5. The standard InChI is InChI=1S/C21H19ClN2O5S/c1-4-28-20(25)18-14(3)23-21(24-19(18)15-7-9-16(22)10-8-15)29-30(26,27)17-11-5-13(2)6-12-17/h5-12H,4H2,1-3H3. The molecule has 0 spiro atoms. The van der Waals surface area contributed by atoms with Crippen molar-refractivity contribution in [1.29, 1.82) is 0 Å². The normalized spacial score (nSPS) is 11.2. The maximum absolute atomic E-state index is 12.6. The zero-order valence-corrected chi connectivity index (χ0v) is 18.1. The van der Waals surface area contributed by atoms with Crippen molar-refractivity contribution >= 4 is 27.7 Å². The van der Waals surface area contributed by atoms with E-state index in [2.05, 4.69) is 9.97 Å². The van der Waals surface area contributed by atoms with Gasteiger partial charge in [-0.3, -0.25) is 0 Å². The van der Waals surface area contributed by atoms with Crippen LogP contribution in [-0.4, -0.2) is 31.0 Å². The average Bonchev–Trinajstić information content (AvgIpc) is 2.68. The zero-order chi connectivity index (χ0) is 21.9. The van der Waals surface area contributed by atoms with Crippen molar-refractivity contribution in [2.45, 2.75) is 25.7 Å². The van der Waals surface area contributed by atoms with Crippen LogP contribution in [0.1, 0.15) is 28.5 Å². The van der Waals surface area contributed by atoms with Crippen LogP contribution in [0.3, 0.4) is 0 Å². The van der Waals surface area contributed by atoms with Crippen LogP contribution in [0, 0.1) is 13.8 Å². The van der Waals surface area contributed by atoms with Crippen molar-refractivity contribution in [2.75, 3.05) is 6.61 Å². The lowest BCUT2D eigenvalue weighted by molar-refractivity contribution is 0.0525. The second-order valence-electron chi connectivity index (χ2n) is 6.39. The lowest BCUT2D eigenvalue weighted by Crippen LogP contribution is -2.16. The van der Waals surface area contributed by atoms with Gasteiger partial charge in [0.05, 0.1) is 18.0 Å². The molecule has 0 saturated carbocycles. The Morgan fingerprint density at radius 1 is 1.00 bits per heavy atom. The van der Waals surface area contributed by atoms with Crippen LogP contribution in [0.5, 0.6) is 6.01 Å². The van der Waals surface area contributed by atoms with E-state index >= 15 is 0 Å². The number of nitrogens with zero attached hydrogens (tertiary/aromatic N) is 2. The monoisotopic (exact) mass is 446 g/mol. The number of carbonyl (C=O) groups excluding carboxylic acids is 1. The second kappa shape index (κ2) is 8.81. The molecule has 0 bridgehead atoms. The second-order valence-corrected chi connectivity index (χ2v) is 8.38. The van der Waals surface area contributed by atoms with Gasteiger partial charge in [0.25, 0.3) is 0 Å². The summed E-state index contributed by atoms with van der Waals surface area (Å²) in [5.74, 6) is -0.618. The van der Waals surface area contributed by atoms with Gasteiger partial charge in [-0.1, -0.05) is 41.4 Å². The molecule has 0 fully saturated rings. The van der Waals surface area contributed by atoms with E-state index < -0.39 is 22.1 Å². The van der Waals surface area contributed by atoms with E-state index in [0.29, 0.717) is 10.6 Å². The van der Waals surface area contributed by atoms with Gasteiger partial charge in [0, 0.05) is 10.6 Å². The van der Waals surface area contributed by atoms with Crippen LogP contribution < -0.4 is 4.18 Å². The number of hydrogen-bond acceptors (Lipinski definition) is 7. The number of esters is 1. The summed E-state index contributed by atoms with van der Waals surface area (Å²) in [5.41, 5.74) is 1.98. The third kappa shape index (κ3) is 4.77. The highest BCUT2D eigenvalue weighted by Crippen LogP contribution is 2.28. The van der Waals surface area contributed by atoms with Crippen LogP contribution in [0.25, 0.3) is 11.3 Å². The summed E-state index contributed by atoms with van der Waals surface area (Å²) in [4.78, 5) is 20.7. The predicted octanol–water partition coefficient (Wildman–Crippen LogP) is 4.36. The molecule has 0 aliphatic heterocycles. The van der Waals surface area contributed by atoms with Gasteiger partial charge in [-0.2, -0.15) is 18.4 Å². The fourth-order valence-corrected chi connectivity index (χ4v) is 3.66. The number of aromatic nitrogens is 2. The minimum atomic E-state index is -4.16. The van der Waals surface area contributed by atoms with Crippen LogP contribution in [-0.2, 0) is 14.9 Å². The number of aryl methyl sites for hydroxylation is 2. The van der Waals surface area contributed by atoms with Gasteiger partial charge < -0.3 is 8.92 Å². The molecule has 7 nitrogen and oxygen atoms in total. The molecule has 0 amide bonds. The van der Waals surface area contributed by atoms with Gasteiger partial charge in [-0.05, 0) is 45.0 Å². The smallest absolute Gasteiger partial charge is 0.342 e. The average molecular weight is 447 g/mol. The summed E-state index contributed by atoms with van der Waals surface area (Å²) >= 11 is 5.95. The van der Waals surface area contributed by atoms with Crippen molar-refractivity contribution in [3.8, 4) is 17.3 Å². The Bertz CT molecular complexity index is 1180. The number of rotatable bonds is 6. The van der Waals surface area contributed by atoms with Gasteiger partial charge in [-0.25, -0.2) is 4.79 Å². The summed E-state index contributed by atoms with van der Waals surface area (Å²) in [5, 5.41) is 0.501. The summed E-state index contributed by atoms with van der Waals surface area (Å²) in [6.45, 7) is 5.25. The van der Waals surface area contributed by atoms with Gasteiger partial charge in [0.1, 0.15) is 10.5 Å². The molecule has 156 valence electrons. The number of benzene rings is 2. The minimum absolute atomic E-state index is 0.0307. The van der Waals surface area contributed by atoms with Crippen molar-refractivity contribution in [2.24, 2.45) is 0 Å². The Labute approximate surface area is 179 Å².